The Morgan fingerprint density at radius 1 is 0.914 bits per heavy atom. The molecule has 1 amide bonds. The number of hydrogen-bond donors (Lipinski definition) is 0. The van der Waals surface area contributed by atoms with Gasteiger partial charge < -0.3 is 9.64 Å². The third-order valence-corrected chi connectivity index (χ3v) is 6.75. The molecule has 0 saturated carbocycles. The Bertz CT molecular complexity index is 1120. The summed E-state index contributed by atoms with van der Waals surface area (Å²) in [6, 6.07) is 26.9. The molecule has 0 aliphatic carbocycles. The number of ether oxygens (including phenoxy) is 1. The molecule has 3 aromatic rings. The molecule has 1 atom stereocenters. The molecule has 0 N–H and O–H groups in total. The Morgan fingerprint density at radius 3 is 2.31 bits per heavy atom. The Balaban J connectivity index is 1.62. The number of para-hydroxylation sites is 1. The van der Waals surface area contributed by atoms with Crippen LogP contribution in [0.25, 0.3) is 0 Å². The van der Waals surface area contributed by atoms with E-state index in [1.807, 2.05) is 43.0 Å². The molecule has 182 valence electrons. The first-order valence-electron chi connectivity index (χ1n) is 12.9. The molecule has 3 aromatic carbocycles. The van der Waals surface area contributed by atoms with E-state index in [1.54, 1.807) is 0 Å². The normalized spacial score (nSPS) is 14.2. The van der Waals surface area contributed by atoms with Gasteiger partial charge in [-0.3, -0.25) is 9.79 Å². The summed E-state index contributed by atoms with van der Waals surface area (Å²) in [5, 5.41) is 0. The number of benzene rings is 3. The van der Waals surface area contributed by atoms with Crippen LogP contribution in [0.3, 0.4) is 0 Å². The van der Waals surface area contributed by atoms with Gasteiger partial charge in [-0.05, 0) is 62.4 Å². The number of aliphatic imine (C=N–C) groups is 1. The summed E-state index contributed by atoms with van der Waals surface area (Å²) in [7, 11) is 0. The van der Waals surface area contributed by atoms with Crippen molar-refractivity contribution in [3.8, 4) is 5.75 Å². The minimum absolute atomic E-state index is 0.0285. The van der Waals surface area contributed by atoms with Crippen LogP contribution in [0.15, 0.2) is 83.9 Å². The minimum atomic E-state index is 0.0285. The zero-order valence-electron chi connectivity index (χ0n) is 21.0. The van der Waals surface area contributed by atoms with Crippen LogP contribution in [0.1, 0.15) is 66.1 Å². The van der Waals surface area contributed by atoms with Crippen LogP contribution < -0.4 is 4.74 Å². The highest BCUT2D eigenvalue weighted by molar-refractivity contribution is 5.96. The smallest absolute Gasteiger partial charge is 0.253 e. The summed E-state index contributed by atoms with van der Waals surface area (Å²) in [6.07, 6.45) is 4.15. The van der Waals surface area contributed by atoms with E-state index in [9.17, 15) is 4.79 Å². The van der Waals surface area contributed by atoms with Gasteiger partial charge in [0.1, 0.15) is 5.75 Å². The van der Waals surface area contributed by atoms with Gasteiger partial charge in [0.25, 0.3) is 5.91 Å². The monoisotopic (exact) mass is 468 g/mol. The summed E-state index contributed by atoms with van der Waals surface area (Å²) in [5.74, 6) is 1.02. The van der Waals surface area contributed by atoms with Gasteiger partial charge >= 0.3 is 0 Å². The molecular weight excluding hydrogens is 432 g/mol. The van der Waals surface area contributed by atoms with Crippen LogP contribution in [0.2, 0.25) is 0 Å². The van der Waals surface area contributed by atoms with Crippen molar-refractivity contribution in [2.24, 2.45) is 4.99 Å². The molecule has 1 heterocycles. The lowest BCUT2D eigenvalue weighted by atomic mass is 9.83. The third-order valence-electron chi connectivity index (χ3n) is 6.75. The Hall–Kier alpha value is -3.40. The van der Waals surface area contributed by atoms with Gasteiger partial charge in [-0.2, -0.15) is 0 Å². The second-order valence-corrected chi connectivity index (χ2v) is 8.98. The third kappa shape index (κ3) is 6.19. The van der Waals surface area contributed by atoms with Crippen molar-refractivity contribution >= 4 is 11.6 Å². The molecule has 1 aliphatic rings. The summed E-state index contributed by atoms with van der Waals surface area (Å²) < 4.78 is 6.34. The van der Waals surface area contributed by atoms with Crippen LogP contribution in [0.4, 0.5) is 0 Å². The standard InChI is InChI=1S/C31H36N2O2/c1-3-33(4-2)31(34)26-19-17-25(18-20-26)30(28-15-10-11-22-32-28)27-14-8-9-16-29(27)35-23-21-24-12-6-5-7-13-24/h5-9,12-14,16-20,30H,3-4,10-11,15,21-23H2,1-2H3. The molecule has 4 nitrogen and oxygen atoms in total. The maximum atomic E-state index is 12.8. The highest BCUT2D eigenvalue weighted by Crippen LogP contribution is 2.36. The Labute approximate surface area is 209 Å². The topological polar surface area (TPSA) is 41.9 Å². The lowest BCUT2D eigenvalue weighted by Gasteiger charge is -2.25. The number of rotatable bonds is 10. The summed E-state index contributed by atoms with van der Waals surface area (Å²) in [5.41, 5.74) is 5.50. The van der Waals surface area contributed by atoms with E-state index >= 15 is 0 Å². The van der Waals surface area contributed by atoms with Crippen LogP contribution >= 0.6 is 0 Å². The molecule has 1 aliphatic heterocycles. The molecule has 0 bridgehead atoms. The molecule has 35 heavy (non-hydrogen) atoms. The van der Waals surface area contributed by atoms with E-state index in [1.165, 1.54) is 11.3 Å². The first-order chi connectivity index (χ1) is 17.2. The fourth-order valence-electron chi connectivity index (χ4n) is 4.79. The number of hydrogen-bond acceptors (Lipinski definition) is 3. The van der Waals surface area contributed by atoms with Crippen molar-refractivity contribution < 1.29 is 9.53 Å². The molecule has 0 saturated heterocycles. The van der Waals surface area contributed by atoms with Crippen LogP contribution in [-0.4, -0.2) is 42.8 Å². The van der Waals surface area contributed by atoms with Crippen molar-refractivity contribution in [1.29, 1.82) is 0 Å². The second kappa shape index (κ2) is 12.3. The number of carbonyl (C=O) groups is 1. The summed E-state index contributed by atoms with van der Waals surface area (Å²) in [4.78, 5) is 19.6. The zero-order valence-corrected chi connectivity index (χ0v) is 21.0. The quantitative estimate of drug-likeness (QED) is 0.339. The van der Waals surface area contributed by atoms with Crippen molar-refractivity contribution in [3.63, 3.8) is 0 Å². The van der Waals surface area contributed by atoms with Crippen molar-refractivity contribution in [1.82, 2.24) is 4.90 Å². The van der Waals surface area contributed by atoms with Crippen molar-refractivity contribution in [2.45, 2.75) is 45.4 Å². The van der Waals surface area contributed by atoms with Gasteiger partial charge in [0, 0.05) is 42.9 Å². The Morgan fingerprint density at radius 2 is 1.63 bits per heavy atom. The predicted octanol–water partition coefficient (Wildman–Crippen LogP) is 6.55. The lowest BCUT2D eigenvalue weighted by molar-refractivity contribution is 0.0773. The molecule has 0 fully saturated rings. The number of amides is 1. The van der Waals surface area contributed by atoms with Gasteiger partial charge in [0.15, 0.2) is 0 Å². The predicted molar refractivity (Wildman–Crippen MR) is 144 cm³/mol. The maximum absolute atomic E-state index is 12.8. The first kappa shape index (κ1) is 24.7. The first-order valence-corrected chi connectivity index (χ1v) is 12.9. The highest BCUT2D eigenvalue weighted by Gasteiger charge is 2.25. The fourth-order valence-corrected chi connectivity index (χ4v) is 4.79. The van der Waals surface area contributed by atoms with Crippen LogP contribution in [0, 0.1) is 0 Å². The van der Waals surface area contributed by atoms with E-state index in [-0.39, 0.29) is 11.8 Å². The number of nitrogens with zero attached hydrogens (tertiary/aromatic N) is 2. The fraction of sp³-hybridized carbons (Fsp3) is 0.355. The molecule has 4 rings (SSSR count). The molecule has 0 spiro atoms. The molecular formula is C31H36N2O2. The van der Waals surface area contributed by atoms with E-state index in [0.29, 0.717) is 19.7 Å². The van der Waals surface area contributed by atoms with Gasteiger partial charge in [0.2, 0.25) is 0 Å². The van der Waals surface area contributed by atoms with E-state index in [4.69, 9.17) is 9.73 Å². The molecule has 0 aromatic heterocycles. The largest absolute Gasteiger partial charge is 0.493 e. The maximum Gasteiger partial charge on any atom is 0.253 e. The SMILES string of the molecule is CCN(CC)C(=O)c1ccc(C(C2=NCCCC2)c2ccccc2OCCc2ccccc2)cc1. The Kier molecular flexibility index (Phi) is 8.72. The average Bonchev–Trinajstić information content (AvgIpc) is 2.92. The van der Waals surface area contributed by atoms with Crippen LogP contribution in [0.5, 0.6) is 5.75 Å². The molecule has 4 heteroatoms. The van der Waals surface area contributed by atoms with E-state index in [2.05, 4.69) is 54.6 Å². The van der Waals surface area contributed by atoms with E-state index < -0.39 is 0 Å². The van der Waals surface area contributed by atoms with Gasteiger partial charge in [-0.25, -0.2) is 0 Å². The zero-order chi connectivity index (χ0) is 24.5. The van der Waals surface area contributed by atoms with E-state index in [0.717, 1.165) is 54.7 Å². The van der Waals surface area contributed by atoms with Crippen molar-refractivity contribution in [2.75, 3.05) is 26.2 Å². The summed E-state index contributed by atoms with van der Waals surface area (Å²) in [6.45, 7) is 6.96. The van der Waals surface area contributed by atoms with Crippen molar-refractivity contribution in [3.05, 3.63) is 101 Å². The van der Waals surface area contributed by atoms with Gasteiger partial charge in [-0.15, -0.1) is 0 Å². The molecule has 1 unspecified atom stereocenters. The minimum Gasteiger partial charge on any atom is -0.493 e. The lowest BCUT2D eigenvalue weighted by Crippen LogP contribution is -2.30. The highest BCUT2D eigenvalue weighted by atomic mass is 16.5. The average molecular weight is 469 g/mol. The van der Waals surface area contributed by atoms with Gasteiger partial charge in [-0.1, -0.05) is 60.7 Å². The van der Waals surface area contributed by atoms with Crippen LogP contribution in [-0.2, 0) is 6.42 Å². The van der Waals surface area contributed by atoms with Gasteiger partial charge in [0.05, 0.1) is 12.5 Å². The molecule has 0 radical (unpaired) electrons. The summed E-state index contributed by atoms with van der Waals surface area (Å²) >= 11 is 0. The second-order valence-electron chi connectivity index (χ2n) is 8.98. The number of carbonyl (C=O) groups excluding carboxylic acids is 1.